The van der Waals surface area contributed by atoms with Gasteiger partial charge in [0.25, 0.3) is 0 Å². The fraction of sp³-hybridized carbons (Fsp3) is 0. The van der Waals surface area contributed by atoms with Gasteiger partial charge in [-0.05, 0) is 0 Å². The van der Waals surface area contributed by atoms with E-state index in [2.05, 4.69) is 0 Å². The summed E-state index contributed by atoms with van der Waals surface area (Å²) in [7, 11) is 0. The molecule has 0 saturated carbocycles. The van der Waals surface area contributed by atoms with Crippen LogP contribution in [0.2, 0.25) is 0 Å². The van der Waals surface area contributed by atoms with Crippen LogP contribution in [0.25, 0.3) is 0 Å². The van der Waals surface area contributed by atoms with Gasteiger partial charge in [-0.3, -0.25) is 0 Å². The number of rotatable bonds is 0. The van der Waals surface area contributed by atoms with Crippen LogP contribution in [-0.2, 0) is 53.1 Å². The summed E-state index contributed by atoms with van der Waals surface area (Å²) < 4.78 is 42.8. The second-order valence-corrected chi connectivity index (χ2v) is 2.01. The molecule has 0 atom stereocenters. The van der Waals surface area contributed by atoms with E-state index in [0.29, 0.717) is 0 Å². The van der Waals surface area contributed by atoms with Gasteiger partial charge in [-0.1, -0.05) is 0 Å². The predicted molar refractivity (Wildman–Crippen MR) is 3.43 cm³/mol. The number of hydrogen-bond acceptors (Lipinski definition) is 5. The average molecular weight is 312 g/mol. The molecule has 0 aromatic rings. The van der Waals surface area contributed by atoms with Gasteiger partial charge in [-0.2, -0.15) is 0 Å². The van der Waals surface area contributed by atoms with Gasteiger partial charge in [-0.25, -0.2) is 0 Å². The third kappa shape index (κ3) is 766. The van der Waals surface area contributed by atoms with Crippen molar-refractivity contribution in [3.05, 3.63) is 0 Å². The van der Waals surface area contributed by atoms with E-state index in [9.17, 15) is 0 Å². The fourth-order valence-electron chi connectivity index (χ4n) is 0. The van der Waals surface area contributed by atoms with Crippen LogP contribution in [-0.4, -0.2) is 0 Å². The Hall–Kier alpha value is 0.403. The van der Waals surface area contributed by atoms with Gasteiger partial charge in [0.1, 0.15) is 0 Å². The second-order valence-electron chi connectivity index (χ2n) is 0.287. The van der Waals surface area contributed by atoms with Gasteiger partial charge < -0.3 is 0 Å². The van der Waals surface area contributed by atoms with Crippen molar-refractivity contribution in [3.63, 3.8) is 0 Å². The quantitative estimate of drug-likeness (QED) is 0.558. The standard InChI is InChI=1S/5O.Ti.W. The fourth-order valence-corrected chi connectivity index (χ4v) is 0. The summed E-state index contributed by atoms with van der Waals surface area (Å²) in [6.45, 7) is 0. The van der Waals surface area contributed by atoms with Crippen LogP contribution in [0.15, 0.2) is 0 Å². The summed E-state index contributed by atoms with van der Waals surface area (Å²) in [5.74, 6) is 0. The third-order valence-corrected chi connectivity index (χ3v) is 0. The summed E-state index contributed by atoms with van der Waals surface area (Å²) in [5, 5.41) is 0. The van der Waals surface area contributed by atoms with Gasteiger partial charge in [0.05, 0.1) is 0 Å². The molecule has 7 heteroatoms. The molecule has 0 aromatic carbocycles. The Morgan fingerprint density at radius 3 is 1.00 bits per heavy atom. The maximum atomic E-state index is 8.61. The summed E-state index contributed by atoms with van der Waals surface area (Å²) >= 11 is -6.28. The van der Waals surface area contributed by atoms with Gasteiger partial charge in [0.2, 0.25) is 0 Å². The Morgan fingerprint density at radius 1 is 1.00 bits per heavy atom. The van der Waals surface area contributed by atoms with Crippen molar-refractivity contribution in [2.24, 2.45) is 0 Å². The maximum absolute atomic E-state index is 8.61. The van der Waals surface area contributed by atoms with Gasteiger partial charge >= 0.3 is 53.1 Å². The summed E-state index contributed by atoms with van der Waals surface area (Å²) in [4.78, 5) is 0. The van der Waals surface area contributed by atoms with E-state index < -0.39 is 36.3 Å². The molecule has 0 fully saturated rings. The molecule has 0 radical (unpaired) electrons. The minimum atomic E-state index is -4.28. The zero-order valence-corrected chi connectivity index (χ0v) is 7.44. The van der Waals surface area contributed by atoms with Crippen molar-refractivity contribution < 1.29 is 53.1 Å². The first kappa shape index (κ1) is 10.4. The van der Waals surface area contributed by atoms with E-state index in [-0.39, 0.29) is 0 Å². The monoisotopic (exact) mass is 312 g/mol. The van der Waals surface area contributed by atoms with Crippen molar-refractivity contribution >= 4 is 0 Å². The Bertz CT molecular complexity index is 135. The van der Waals surface area contributed by atoms with E-state index in [1.165, 1.54) is 0 Å². The molecule has 0 unspecified atom stereocenters. The molecule has 0 aliphatic rings. The van der Waals surface area contributed by atoms with Gasteiger partial charge in [0.15, 0.2) is 0 Å². The van der Waals surface area contributed by atoms with E-state index in [1.807, 2.05) is 0 Å². The molecule has 0 aliphatic heterocycles. The molecule has 0 aromatic heterocycles. The zero-order chi connectivity index (χ0) is 6.28. The minimum absolute atomic E-state index is 2.00. The topological polar surface area (TPSA) is 85.3 Å². The molecule has 5 nitrogen and oxygen atoms in total. The SMILES string of the molecule is [O]=[Ti]=[O].[O]=[W](=[O])=[O]. The van der Waals surface area contributed by atoms with Crippen LogP contribution in [0.4, 0.5) is 0 Å². The van der Waals surface area contributed by atoms with Crippen LogP contribution < -0.4 is 0 Å². The molecule has 0 aliphatic carbocycles. The first-order chi connectivity index (χ1) is 3.15. The molecule has 0 spiro atoms. The van der Waals surface area contributed by atoms with Crippen LogP contribution in [0.3, 0.4) is 0 Å². The molecule has 0 heterocycles. The molecule has 40 valence electrons. The van der Waals surface area contributed by atoms with Gasteiger partial charge in [0, 0.05) is 0 Å². The summed E-state index contributed by atoms with van der Waals surface area (Å²) in [6, 6.07) is 0. The van der Waals surface area contributed by atoms with Crippen LogP contribution in [0.5, 0.6) is 0 Å². The van der Waals surface area contributed by atoms with Crippen LogP contribution in [0, 0.1) is 0 Å². The summed E-state index contributed by atoms with van der Waals surface area (Å²) in [6.07, 6.45) is 0. The van der Waals surface area contributed by atoms with E-state index in [0.717, 1.165) is 0 Å². The predicted octanol–water partition coefficient (Wildman–Crippen LogP) is -0.599. The Morgan fingerprint density at radius 2 is 1.00 bits per heavy atom. The molecular formula is O5TiW. The molecule has 0 N–H and O–H groups in total. The van der Waals surface area contributed by atoms with Crippen molar-refractivity contribution in [1.82, 2.24) is 0 Å². The Labute approximate surface area is 53.1 Å². The van der Waals surface area contributed by atoms with Gasteiger partial charge in [-0.15, -0.1) is 0 Å². The average Bonchev–Trinajstić information content (AvgIpc) is 1.33. The van der Waals surface area contributed by atoms with Crippen LogP contribution in [0.1, 0.15) is 0 Å². The van der Waals surface area contributed by atoms with Crippen molar-refractivity contribution in [2.45, 2.75) is 0 Å². The van der Waals surface area contributed by atoms with Crippen molar-refractivity contribution in [2.75, 3.05) is 0 Å². The third-order valence-electron chi connectivity index (χ3n) is 0. The zero-order valence-electron chi connectivity index (χ0n) is 2.95. The molecular weight excluding hydrogens is 312 g/mol. The Balaban J connectivity index is 0. The summed E-state index contributed by atoms with van der Waals surface area (Å²) in [5.41, 5.74) is 0. The van der Waals surface area contributed by atoms with E-state index in [4.69, 9.17) is 16.8 Å². The Kier molecular flexibility index (Phi) is 14.3. The molecule has 0 bridgehead atoms. The molecule has 7 heavy (non-hydrogen) atoms. The normalized spacial score (nSPS) is 4.57. The van der Waals surface area contributed by atoms with Crippen LogP contribution >= 0.6 is 0 Å². The first-order valence-electron chi connectivity index (χ1n) is 0.908. The van der Waals surface area contributed by atoms with E-state index >= 15 is 0 Å². The second kappa shape index (κ2) is 9.64. The molecule has 0 amide bonds. The van der Waals surface area contributed by atoms with Crippen molar-refractivity contribution in [3.8, 4) is 0 Å². The van der Waals surface area contributed by atoms with Crippen molar-refractivity contribution in [1.29, 1.82) is 0 Å². The first-order valence-corrected chi connectivity index (χ1v) is 5.78. The number of hydrogen-bond donors (Lipinski definition) is 0. The van der Waals surface area contributed by atoms with E-state index in [1.54, 1.807) is 0 Å². The molecule has 0 saturated heterocycles. The molecule has 0 rings (SSSR count).